The van der Waals surface area contributed by atoms with Crippen LogP contribution in [0.5, 0.6) is 0 Å². The molecule has 35 heavy (non-hydrogen) atoms. The van der Waals surface area contributed by atoms with Crippen molar-refractivity contribution in [2.45, 2.75) is 129 Å². The van der Waals surface area contributed by atoms with Gasteiger partial charge in [-0.15, -0.1) is 0 Å². The molecule has 0 saturated carbocycles. The molecule has 0 rings (SSSR count). The largest absolute Gasteiger partial charge is 2.00 e. The molecule has 0 aromatic heterocycles. The molecule has 0 amide bonds. The molecule has 0 radical (unpaired) electrons. The number of allylic oxidation sites excluding steroid dienone is 2. The molecule has 0 fully saturated rings. The minimum Gasteiger partial charge on any atom is -0.716 e. The Morgan fingerprint density at radius 2 is 0.771 bits per heavy atom. The van der Waals surface area contributed by atoms with Gasteiger partial charge < -0.3 is 17.5 Å². The van der Waals surface area contributed by atoms with Crippen molar-refractivity contribution < 1.29 is 34.3 Å². The normalized spacial score (nSPS) is 11.8. The molecule has 0 unspecified atom stereocenters. The van der Waals surface area contributed by atoms with Crippen LogP contribution in [0.1, 0.15) is 129 Å². The second-order valence-electron chi connectivity index (χ2n) is 8.28. The number of rotatable bonds is 22. The van der Waals surface area contributed by atoms with Gasteiger partial charge in [-0.05, 0) is 37.8 Å². The van der Waals surface area contributed by atoms with Crippen LogP contribution >= 0.6 is 0 Å². The molecule has 0 aromatic rings. The van der Waals surface area contributed by atoms with Gasteiger partial charge in [0.05, 0.1) is 0 Å². The Balaban J connectivity index is -0.000000569. The van der Waals surface area contributed by atoms with Crippen molar-refractivity contribution in [1.29, 1.82) is 0 Å². The van der Waals surface area contributed by atoms with Crippen LogP contribution in [0, 0.1) is 0 Å². The summed E-state index contributed by atoms with van der Waals surface area (Å²) in [5.74, 6) is 0. The maximum atomic E-state index is 10.1. The smallest absolute Gasteiger partial charge is 0.716 e. The maximum Gasteiger partial charge on any atom is 2.00 e. The fourth-order valence-corrected chi connectivity index (χ4v) is 3.57. The quantitative estimate of drug-likeness (QED) is 0.0481. The van der Waals surface area contributed by atoms with Gasteiger partial charge >= 0.3 is 23.1 Å². The van der Waals surface area contributed by atoms with Crippen LogP contribution in [0.2, 0.25) is 0 Å². The first kappa shape index (κ1) is 39.2. The van der Waals surface area contributed by atoms with Crippen LogP contribution in [0.25, 0.3) is 0 Å². The Hall–Kier alpha value is -0.334. The third-order valence-corrected chi connectivity index (χ3v) is 5.68. The molecule has 0 atom stereocenters. The molecule has 8 nitrogen and oxygen atoms in total. The molecule has 11 heteroatoms. The number of unbranched alkanes of at least 4 members (excludes halogenated alkanes) is 16. The van der Waals surface area contributed by atoms with E-state index in [2.05, 4.69) is 22.2 Å². The third kappa shape index (κ3) is 44.1. The van der Waals surface area contributed by atoms with E-state index in [0.29, 0.717) is 0 Å². The molecule has 204 valence electrons. The average molecular weight is 551 g/mol. The summed E-state index contributed by atoms with van der Waals surface area (Å²) in [6.45, 7) is 4.41. The Bertz CT molecular complexity index is 632. The minimum absolute atomic E-state index is 0. The standard InChI is InChI=1S/2C12H24O4S.Mg/c2*1-2-3-4-5-6-7-8-9-10-11-12-16-17(13,14)15;/h2*11-12H,2-10H2,1H3,(H,13,14,15);/q;;+2/p-2/b2*12-11+;. The molecular formula is C24H46MgO8S2. The van der Waals surface area contributed by atoms with E-state index in [1.165, 1.54) is 77.0 Å². The van der Waals surface area contributed by atoms with Gasteiger partial charge in [-0.3, -0.25) is 0 Å². The summed E-state index contributed by atoms with van der Waals surface area (Å²) in [5, 5.41) is 0. The van der Waals surface area contributed by atoms with E-state index < -0.39 is 20.8 Å². The van der Waals surface area contributed by atoms with Crippen molar-refractivity contribution in [1.82, 2.24) is 0 Å². The first-order valence-electron chi connectivity index (χ1n) is 12.7. The topological polar surface area (TPSA) is 133 Å². The first-order chi connectivity index (χ1) is 16.1. The van der Waals surface area contributed by atoms with Crippen molar-refractivity contribution in [2.24, 2.45) is 0 Å². The number of hydrogen-bond donors (Lipinski definition) is 0. The van der Waals surface area contributed by atoms with Gasteiger partial charge in [-0.1, -0.05) is 104 Å². The predicted octanol–water partition coefficient (Wildman–Crippen LogP) is 6.63. The van der Waals surface area contributed by atoms with Crippen molar-refractivity contribution >= 4 is 43.9 Å². The van der Waals surface area contributed by atoms with Gasteiger partial charge in [-0.2, -0.15) is 0 Å². The van der Waals surface area contributed by atoms with E-state index in [1.54, 1.807) is 12.2 Å². The van der Waals surface area contributed by atoms with Crippen LogP contribution in [0.15, 0.2) is 24.7 Å². The zero-order chi connectivity index (χ0) is 26.0. The summed E-state index contributed by atoms with van der Waals surface area (Å²) >= 11 is 0. The van der Waals surface area contributed by atoms with Crippen molar-refractivity contribution in [3.63, 3.8) is 0 Å². The van der Waals surface area contributed by atoms with Crippen molar-refractivity contribution in [3.8, 4) is 0 Å². The summed E-state index contributed by atoms with van der Waals surface area (Å²) in [5.41, 5.74) is 0. The van der Waals surface area contributed by atoms with E-state index >= 15 is 0 Å². The molecule has 0 bridgehead atoms. The number of hydrogen-bond acceptors (Lipinski definition) is 8. The molecule has 0 saturated heterocycles. The molecule has 0 aliphatic heterocycles. The molecular weight excluding hydrogens is 505 g/mol. The third-order valence-electron chi connectivity index (χ3n) is 4.99. The summed E-state index contributed by atoms with van der Waals surface area (Å²) in [7, 11) is -9.14. The first-order valence-corrected chi connectivity index (χ1v) is 15.4. The van der Waals surface area contributed by atoms with Crippen LogP contribution in [0.3, 0.4) is 0 Å². The van der Waals surface area contributed by atoms with Gasteiger partial charge in [0, 0.05) is 0 Å². The fraction of sp³-hybridized carbons (Fsp3) is 0.833. The van der Waals surface area contributed by atoms with Gasteiger partial charge in [-0.25, -0.2) is 16.8 Å². The molecule has 0 aliphatic rings. The molecule has 0 N–H and O–H groups in total. The molecule has 0 spiro atoms. The zero-order valence-electron chi connectivity index (χ0n) is 21.8. The molecule has 0 aliphatic carbocycles. The van der Waals surface area contributed by atoms with Crippen LogP contribution in [-0.2, 0) is 29.2 Å². The van der Waals surface area contributed by atoms with Crippen molar-refractivity contribution in [2.75, 3.05) is 0 Å². The van der Waals surface area contributed by atoms with Crippen LogP contribution in [0.4, 0.5) is 0 Å². The van der Waals surface area contributed by atoms with Gasteiger partial charge in [0.2, 0.25) is 0 Å². The fourth-order valence-electron chi connectivity index (χ4n) is 3.14. The van der Waals surface area contributed by atoms with E-state index in [1.807, 2.05) is 0 Å². The van der Waals surface area contributed by atoms with E-state index in [9.17, 15) is 25.9 Å². The maximum absolute atomic E-state index is 10.1. The van der Waals surface area contributed by atoms with Crippen LogP contribution < -0.4 is 0 Å². The summed E-state index contributed by atoms with van der Waals surface area (Å²) in [6, 6.07) is 0. The van der Waals surface area contributed by atoms with Gasteiger partial charge in [0.1, 0.15) is 12.5 Å². The Kier molecular flexibility index (Phi) is 31.6. The second kappa shape index (κ2) is 28.2. The van der Waals surface area contributed by atoms with Crippen LogP contribution in [-0.4, -0.2) is 49.0 Å². The Morgan fingerprint density at radius 3 is 1.03 bits per heavy atom. The monoisotopic (exact) mass is 550 g/mol. The average Bonchev–Trinajstić information content (AvgIpc) is 2.75. The molecule has 0 aromatic carbocycles. The summed E-state index contributed by atoms with van der Waals surface area (Å²) in [6.07, 6.45) is 26.3. The Morgan fingerprint density at radius 1 is 0.514 bits per heavy atom. The Labute approximate surface area is 231 Å². The van der Waals surface area contributed by atoms with Gasteiger partial charge in [0.25, 0.3) is 20.8 Å². The van der Waals surface area contributed by atoms with Crippen molar-refractivity contribution in [3.05, 3.63) is 24.7 Å². The molecule has 0 heterocycles. The second-order valence-corrected chi connectivity index (χ2v) is 10.3. The van der Waals surface area contributed by atoms with E-state index in [-0.39, 0.29) is 23.1 Å². The predicted molar refractivity (Wildman–Crippen MR) is 140 cm³/mol. The minimum atomic E-state index is -4.57. The summed E-state index contributed by atoms with van der Waals surface area (Å²) < 4.78 is 68.3. The van der Waals surface area contributed by atoms with Gasteiger partial charge in [0.15, 0.2) is 0 Å². The van der Waals surface area contributed by atoms with E-state index in [0.717, 1.165) is 51.0 Å². The SMILES string of the molecule is CCCCCCCCCC/C=C/OS(=O)(=O)[O-].CCCCCCCCCC/C=C/OS(=O)(=O)[O-].[Mg+2]. The van der Waals surface area contributed by atoms with E-state index in [4.69, 9.17) is 0 Å². The summed E-state index contributed by atoms with van der Waals surface area (Å²) in [4.78, 5) is 0. The zero-order valence-corrected chi connectivity index (χ0v) is 24.9.